The van der Waals surface area contributed by atoms with Crippen molar-refractivity contribution < 1.29 is 14.6 Å². The van der Waals surface area contributed by atoms with Gasteiger partial charge in [0.05, 0.1) is 6.10 Å². The highest BCUT2D eigenvalue weighted by molar-refractivity contribution is 5.96. The van der Waals surface area contributed by atoms with Gasteiger partial charge in [0, 0.05) is 38.2 Å². The van der Waals surface area contributed by atoms with Gasteiger partial charge in [-0.2, -0.15) is 0 Å². The molecule has 2 aromatic carbocycles. The van der Waals surface area contributed by atoms with Crippen LogP contribution >= 0.6 is 0 Å². The standard InChI is InChI=1S/C24H32N2O3/c1-25(2)14-15-29-23-9-5-8-20(16-23)24(28)11-10-22(27)18-26-13-12-19-6-3-4-7-21(19)17-26/h3-9,16,22,27H,10-15,17-18H2,1-2H3. The molecule has 0 bridgehead atoms. The van der Waals surface area contributed by atoms with Gasteiger partial charge in [-0.05, 0) is 50.2 Å². The van der Waals surface area contributed by atoms with Gasteiger partial charge in [-0.3, -0.25) is 9.69 Å². The Bertz CT molecular complexity index is 806. The fourth-order valence-electron chi connectivity index (χ4n) is 3.65. The van der Waals surface area contributed by atoms with Gasteiger partial charge in [0.15, 0.2) is 5.78 Å². The normalized spacial score (nSPS) is 15.2. The van der Waals surface area contributed by atoms with Crippen LogP contribution < -0.4 is 4.74 Å². The molecule has 0 fully saturated rings. The SMILES string of the molecule is CN(C)CCOc1cccc(C(=O)CCC(O)CN2CCc3ccccc3C2)c1. The highest BCUT2D eigenvalue weighted by Gasteiger charge is 2.19. The number of rotatable bonds is 10. The maximum atomic E-state index is 12.6. The summed E-state index contributed by atoms with van der Waals surface area (Å²) >= 11 is 0. The molecule has 0 spiro atoms. The molecule has 5 heteroatoms. The first kappa shape index (κ1) is 21.5. The van der Waals surface area contributed by atoms with Gasteiger partial charge in [-0.1, -0.05) is 36.4 Å². The van der Waals surface area contributed by atoms with E-state index in [4.69, 9.17) is 4.74 Å². The summed E-state index contributed by atoms with van der Waals surface area (Å²) in [6.45, 7) is 3.84. The third-order valence-electron chi connectivity index (χ3n) is 5.35. The monoisotopic (exact) mass is 396 g/mol. The smallest absolute Gasteiger partial charge is 0.163 e. The van der Waals surface area contributed by atoms with Crippen LogP contribution in [0.2, 0.25) is 0 Å². The fraction of sp³-hybridized carbons (Fsp3) is 0.458. The summed E-state index contributed by atoms with van der Waals surface area (Å²) in [6, 6.07) is 15.8. The van der Waals surface area contributed by atoms with Crippen molar-refractivity contribution in [3.63, 3.8) is 0 Å². The molecule has 0 radical (unpaired) electrons. The molecule has 3 rings (SSSR count). The number of β-amino-alcohol motifs (C(OH)–C–C–N with tert-alkyl or cyclic N) is 1. The molecule has 29 heavy (non-hydrogen) atoms. The lowest BCUT2D eigenvalue weighted by Gasteiger charge is -2.30. The highest BCUT2D eigenvalue weighted by Crippen LogP contribution is 2.20. The summed E-state index contributed by atoms with van der Waals surface area (Å²) in [5.74, 6) is 0.760. The van der Waals surface area contributed by atoms with Gasteiger partial charge < -0.3 is 14.7 Å². The average molecular weight is 397 g/mol. The van der Waals surface area contributed by atoms with Crippen molar-refractivity contribution >= 4 is 5.78 Å². The van der Waals surface area contributed by atoms with E-state index in [2.05, 4.69) is 34.1 Å². The third kappa shape index (κ3) is 6.67. The lowest BCUT2D eigenvalue weighted by atomic mass is 9.99. The third-order valence-corrected chi connectivity index (χ3v) is 5.35. The van der Waals surface area contributed by atoms with Gasteiger partial charge in [-0.15, -0.1) is 0 Å². The second-order valence-corrected chi connectivity index (χ2v) is 8.05. The molecule has 0 amide bonds. The molecule has 1 unspecified atom stereocenters. The number of aliphatic hydroxyl groups excluding tert-OH is 1. The molecule has 0 saturated carbocycles. The Balaban J connectivity index is 1.44. The Kier molecular flexibility index (Phi) is 7.81. The summed E-state index contributed by atoms with van der Waals surface area (Å²) < 4.78 is 5.71. The Morgan fingerprint density at radius 2 is 1.97 bits per heavy atom. The molecule has 1 aliphatic rings. The number of ketones is 1. The van der Waals surface area contributed by atoms with Crippen LogP contribution in [-0.4, -0.2) is 67.1 Å². The largest absolute Gasteiger partial charge is 0.492 e. The molecule has 1 atom stereocenters. The van der Waals surface area contributed by atoms with E-state index in [0.717, 1.165) is 26.1 Å². The maximum Gasteiger partial charge on any atom is 0.163 e. The molecule has 2 aromatic rings. The Morgan fingerprint density at radius 1 is 1.17 bits per heavy atom. The van der Waals surface area contributed by atoms with Crippen LogP contribution in [0.5, 0.6) is 5.75 Å². The van der Waals surface area contributed by atoms with Crippen LogP contribution in [0, 0.1) is 0 Å². The van der Waals surface area contributed by atoms with Crippen molar-refractivity contribution in [2.45, 2.75) is 31.9 Å². The number of aliphatic hydroxyl groups is 1. The molecule has 5 nitrogen and oxygen atoms in total. The average Bonchev–Trinajstić information content (AvgIpc) is 2.72. The number of ether oxygens (including phenoxy) is 1. The molecule has 0 aliphatic carbocycles. The van der Waals surface area contributed by atoms with Gasteiger partial charge in [-0.25, -0.2) is 0 Å². The van der Waals surface area contributed by atoms with E-state index in [1.54, 1.807) is 6.07 Å². The predicted octanol–water partition coefficient (Wildman–Crippen LogP) is 3.01. The quantitative estimate of drug-likeness (QED) is 0.626. The zero-order valence-electron chi connectivity index (χ0n) is 17.5. The topological polar surface area (TPSA) is 53.0 Å². The summed E-state index contributed by atoms with van der Waals surface area (Å²) in [5, 5.41) is 10.4. The summed E-state index contributed by atoms with van der Waals surface area (Å²) in [5.41, 5.74) is 3.39. The highest BCUT2D eigenvalue weighted by atomic mass is 16.5. The van der Waals surface area contributed by atoms with Gasteiger partial charge in [0.2, 0.25) is 0 Å². The van der Waals surface area contributed by atoms with E-state index >= 15 is 0 Å². The minimum atomic E-state index is -0.497. The lowest BCUT2D eigenvalue weighted by Crippen LogP contribution is -2.36. The summed E-state index contributed by atoms with van der Waals surface area (Å²) in [7, 11) is 3.99. The van der Waals surface area contributed by atoms with Crippen molar-refractivity contribution in [1.82, 2.24) is 9.80 Å². The molecular weight excluding hydrogens is 364 g/mol. The minimum Gasteiger partial charge on any atom is -0.492 e. The van der Waals surface area contributed by atoms with Crippen LogP contribution in [0.15, 0.2) is 48.5 Å². The molecule has 1 N–H and O–H groups in total. The molecule has 1 aliphatic heterocycles. The summed E-state index contributed by atoms with van der Waals surface area (Å²) in [6.07, 6.45) is 1.33. The molecule has 0 saturated heterocycles. The molecule has 1 heterocycles. The lowest BCUT2D eigenvalue weighted by molar-refractivity contribution is 0.0836. The number of Topliss-reactive ketones (excluding diaryl/α,β-unsaturated/α-hetero) is 1. The number of nitrogens with zero attached hydrogens (tertiary/aromatic N) is 2. The fourth-order valence-corrected chi connectivity index (χ4v) is 3.65. The van der Waals surface area contributed by atoms with Gasteiger partial charge >= 0.3 is 0 Å². The molecule has 0 aromatic heterocycles. The predicted molar refractivity (Wildman–Crippen MR) is 115 cm³/mol. The van der Waals surface area contributed by atoms with Crippen molar-refractivity contribution in [1.29, 1.82) is 0 Å². The molecular formula is C24H32N2O3. The van der Waals surface area contributed by atoms with Crippen LogP contribution in [0.1, 0.15) is 34.3 Å². The van der Waals surface area contributed by atoms with E-state index < -0.39 is 6.10 Å². The van der Waals surface area contributed by atoms with Crippen molar-refractivity contribution in [3.8, 4) is 5.75 Å². The maximum absolute atomic E-state index is 12.6. The minimum absolute atomic E-state index is 0.0473. The Morgan fingerprint density at radius 3 is 2.76 bits per heavy atom. The van der Waals surface area contributed by atoms with Gasteiger partial charge in [0.25, 0.3) is 0 Å². The summed E-state index contributed by atoms with van der Waals surface area (Å²) in [4.78, 5) is 16.9. The number of carbonyl (C=O) groups excluding carboxylic acids is 1. The zero-order chi connectivity index (χ0) is 20.6. The van der Waals surface area contributed by atoms with Crippen molar-refractivity contribution in [2.24, 2.45) is 0 Å². The van der Waals surface area contributed by atoms with E-state index in [9.17, 15) is 9.90 Å². The number of benzene rings is 2. The zero-order valence-corrected chi connectivity index (χ0v) is 17.5. The van der Waals surface area contributed by atoms with E-state index in [-0.39, 0.29) is 5.78 Å². The second-order valence-electron chi connectivity index (χ2n) is 8.05. The number of hydrogen-bond donors (Lipinski definition) is 1. The number of likely N-dealkylation sites (N-methyl/N-ethyl adjacent to an activating group) is 1. The van der Waals surface area contributed by atoms with Crippen molar-refractivity contribution in [3.05, 3.63) is 65.2 Å². The van der Waals surface area contributed by atoms with E-state index in [0.29, 0.717) is 37.3 Å². The van der Waals surface area contributed by atoms with Crippen LogP contribution in [-0.2, 0) is 13.0 Å². The van der Waals surface area contributed by atoms with Crippen LogP contribution in [0.25, 0.3) is 0 Å². The van der Waals surface area contributed by atoms with E-state index in [1.807, 2.05) is 32.3 Å². The Labute approximate surface area is 173 Å². The Hall–Kier alpha value is -2.21. The van der Waals surface area contributed by atoms with Crippen LogP contribution in [0.4, 0.5) is 0 Å². The number of carbonyl (C=O) groups is 1. The number of hydrogen-bond acceptors (Lipinski definition) is 5. The van der Waals surface area contributed by atoms with Gasteiger partial charge in [0.1, 0.15) is 12.4 Å². The first-order chi connectivity index (χ1) is 14.0. The second kappa shape index (κ2) is 10.5. The van der Waals surface area contributed by atoms with Crippen LogP contribution in [0.3, 0.4) is 0 Å². The molecule has 156 valence electrons. The number of fused-ring (bicyclic) bond motifs is 1. The van der Waals surface area contributed by atoms with Crippen molar-refractivity contribution in [2.75, 3.05) is 40.3 Å². The first-order valence-corrected chi connectivity index (χ1v) is 10.4. The first-order valence-electron chi connectivity index (χ1n) is 10.4. The van der Waals surface area contributed by atoms with E-state index in [1.165, 1.54) is 11.1 Å².